The molecule has 1 saturated carbocycles. The topological polar surface area (TPSA) is 54.3 Å². The van der Waals surface area contributed by atoms with E-state index in [1.807, 2.05) is 10.9 Å². The first-order valence-corrected chi connectivity index (χ1v) is 10.1. The van der Waals surface area contributed by atoms with E-state index in [0.29, 0.717) is 12.0 Å². The van der Waals surface area contributed by atoms with Crippen LogP contribution in [0.4, 0.5) is 0 Å². The average Bonchev–Trinajstić information content (AvgIpc) is 3.28. The van der Waals surface area contributed by atoms with E-state index in [-0.39, 0.29) is 5.91 Å². The first-order chi connectivity index (χ1) is 12.7. The van der Waals surface area contributed by atoms with Crippen molar-refractivity contribution < 1.29 is 4.79 Å². The highest BCUT2D eigenvalue weighted by atomic mass is 16.2. The van der Waals surface area contributed by atoms with Crippen LogP contribution in [0.25, 0.3) is 11.0 Å². The lowest BCUT2D eigenvalue weighted by Crippen LogP contribution is -2.52. The fraction of sp³-hybridized carbons (Fsp3) is 0.650. The Hall–Kier alpha value is -1.95. The summed E-state index contributed by atoms with van der Waals surface area (Å²) in [5.41, 5.74) is 2.78. The molecule has 2 aromatic rings. The number of carbonyl (C=O) groups excluding carboxylic acids is 1. The van der Waals surface area contributed by atoms with Crippen LogP contribution in [-0.2, 0) is 6.54 Å². The van der Waals surface area contributed by atoms with Crippen LogP contribution in [0.3, 0.4) is 0 Å². The lowest BCUT2D eigenvalue weighted by molar-refractivity contribution is 0.0573. The molecule has 1 amide bonds. The van der Waals surface area contributed by atoms with Crippen molar-refractivity contribution in [3.63, 3.8) is 0 Å². The highest BCUT2D eigenvalue weighted by molar-refractivity contribution is 6.05. The van der Waals surface area contributed by atoms with Gasteiger partial charge in [-0.2, -0.15) is 5.10 Å². The highest BCUT2D eigenvalue weighted by Crippen LogP contribution is 2.40. The van der Waals surface area contributed by atoms with Crippen molar-refractivity contribution in [2.45, 2.75) is 57.5 Å². The quantitative estimate of drug-likeness (QED) is 0.848. The van der Waals surface area contributed by atoms with Crippen molar-refractivity contribution in [1.82, 2.24) is 24.6 Å². The lowest BCUT2D eigenvalue weighted by atomic mass is 10.1. The van der Waals surface area contributed by atoms with Crippen LogP contribution in [0.1, 0.15) is 61.0 Å². The van der Waals surface area contributed by atoms with E-state index in [2.05, 4.69) is 27.9 Å². The van der Waals surface area contributed by atoms with Crippen molar-refractivity contribution in [2.24, 2.45) is 0 Å². The molecule has 6 nitrogen and oxygen atoms in total. The van der Waals surface area contributed by atoms with Gasteiger partial charge in [0.15, 0.2) is 5.65 Å². The molecule has 6 heteroatoms. The molecule has 1 atom stereocenters. The van der Waals surface area contributed by atoms with Crippen LogP contribution in [0.15, 0.2) is 12.3 Å². The molecular weight excluding hydrogens is 326 g/mol. The Bertz CT molecular complexity index is 840. The highest BCUT2D eigenvalue weighted by Gasteiger charge is 2.34. The zero-order valence-electron chi connectivity index (χ0n) is 15.5. The summed E-state index contributed by atoms with van der Waals surface area (Å²) in [6, 6.07) is 2.61. The molecule has 26 heavy (non-hydrogen) atoms. The lowest BCUT2D eigenvalue weighted by Gasteiger charge is -2.37. The van der Waals surface area contributed by atoms with Crippen LogP contribution in [0.2, 0.25) is 0 Å². The minimum atomic E-state index is 0.168. The van der Waals surface area contributed by atoms with Gasteiger partial charge in [0.05, 0.1) is 17.1 Å². The number of hydrogen-bond acceptors (Lipinski definition) is 4. The number of hydrogen-bond donors (Lipinski definition) is 0. The number of aryl methyl sites for hydroxylation is 1. The van der Waals surface area contributed by atoms with Gasteiger partial charge >= 0.3 is 0 Å². The number of fused-ring (bicyclic) bond motifs is 2. The molecule has 4 heterocycles. The maximum Gasteiger partial charge on any atom is 0.254 e. The number of amides is 1. The van der Waals surface area contributed by atoms with E-state index < -0.39 is 0 Å². The number of nitrogens with zero attached hydrogens (tertiary/aromatic N) is 5. The minimum Gasteiger partial charge on any atom is -0.336 e. The smallest absolute Gasteiger partial charge is 0.254 e. The van der Waals surface area contributed by atoms with E-state index in [4.69, 9.17) is 4.98 Å². The second-order valence-corrected chi connectivity index (χ2v) is 8.06. The normalized spacial score (nSPS) is 23.6. The van der Waals surface area contributed by atoms with E-state index in [9.17, 15) is 4.79 Å². The van der Waals surface area contributed by atoms with Gasteiger partial charge in [-0.15, -0.1) is 0 Å². The van der Waals surface area contributed by atoms with Gasteiger partial charge in [0, 0.05) is 43.8 Å². The van der Waals surface area contributed by atoms with Gasteiger partial charge in [-0.05, 0) is 44.7 Å². The van der Waals surface area contributed by atoms with Crippen molar-refractivity contribution in [3.05, 3.63) is 23.5 Å². The number of carbonyl (C=O) groups is 1. The average molecular weight is 353 g/mol. The van der Waals surface area contributed by atoms with E-state index in [1.165, 1.54) is 32.2 Å². The molecule has 2 aliphatic heterocycles. The van der Waals surface area contributed by atoms with Crippen LogP contribution in [0, 0.1) is 0 Å². The summed E-state index contributed by atoms with van der Waals surface area (Å²) in [5.74, 6) is 0.699. The first-order valence-electron chi connectivity index (χ1n) is 10.1. The van der Waals surface area contributed by atoms with Gasteiger partial charge in [0.2, 0.25) is 0 Å². The fourth-order valence-electron chi connectivity index (χ4n) is 4.55. The number of pyridine rings is 1. The van der Waals surface area contributed by atoms with E-state index >= 15 is 0 Å². The largest absolute Gasteiger partial charge is 0.336 e. The standard InChI is InChI=1S/C20H27N5O/c1-2-7-25-19-17(12-21-25)16(11-18(22-19)14-5-6-14)20(26)24-10-9-23-8-3-4-15(23)13-24/h11-12,14-15H,2-10,13H2,1H3. The second kappa shape index (κ2) is 6.34. The molecule has 3 fully saturated rings. The molecule has 1 aliphatic carbocycles. The summed E-state index contributed by atoms with van der Waals surface area (Å²) in [4.78, 5) is 22.9. The number of piperazine rings is 1. The third-order valence-electron chi connectivity index (χ3n) is 6.17. The summed E-state index contributed by atoms with van der Waals surface area (Å²) >= 11 is 0. The molecular formula is C20H27N5O. The summed E-state index contributed by atoms with van der Waals surface area (Å²) in [7, 11) is 0. The molecule has 0 radical (unpaired) electrons. The Balaban J connectivity index is 1.51. The van der Waals surface area contributed by atoms with Gasteiger partial charge in [0.1, 0.15) is 0 Å². The van der Waals surface area contributed by atoms with Gasteiger partial charge < -0.3 is 4.90 Å². The first kappa shape index (κ1) is 16.2. The summed E-state index contributed by atoms with van der Waals surface area (Å²) in [5, 5.41) is 5.44. The molecule has 5 rings (SSSR count). The van der Waals surface area contributed by atoms with Crippen molar-refractivity contribution in [3.8, 4) is 0 Å². The van der Waals surface area contributed by atoms with E-state index in [1.54, 1.807) is 0 Å². The Morgan fingerprint density at radius 1 is 1.23 bits per heavy atom. The fourth-order valence-corrected chi connectivity index (χ4v) is 4.55. The van der Waals surface area contributed by atoms with Crippen LogP contribution >= 0.6 is 0 Å². The summed E-state index contributed by atoms with van der Waals surface area (Å²) in [6.45, 7) is 6.90. The van der Waals surface area contributed by atoms with E-state index in [0.717, 1.165) is 54.9 Å². The molecule has 0 spiro atoms. The third kappa shape index (κ3) is 2.71. The second-order valence-electron chi connectivity index (χ2n) is 8.06. The molecule has 138 valence electrons. The molecule has 0 N–H and O–H groups in total. The monoisotopic (exact) mass is 353 g/mol. The molecule has 2 saturated heterocycles. The van der Waals surface area contributed by atoms with Gasteiger partial charge in [0.25, 0.3) is 5.91 Å². The molecule has 3 aliphatic rings. The third-order valence-corrected chi connectivity index (χ3v) is 6.17. The molecule has 0 bridgehead atoms. The van der Waals surface area contributed by atoms with Gasteiger partial charge in [-0.25, -0.2) is 9.67 Å². The predicted octanol–water partition coefficient (Wildman–Crippen LogP) is 2.64. The SMILES string of the molecule is CCCn1ncc2c(C(=O)N3CCN4CCCC4C3)cc(C3CC3)nc21. The van der Waals surface area contributed by atoms with Gasteiger partial charge in [-0.1, -0.05) is 6.92 Å². The zero-order chi connectivity index (χ0) is 17.7. The Kier molecular flexibility index (Phi) is 3.96. The summed E-state index contributed by atoms with van der Waals surface area (Å²) < 4.78 is 1.97. The molecule has 1 unspecified atom stereocenters. The Morgan fingerprint density at radius 3 is 2.92 bits per heavy atom. The van der Waals surface area contributed by atoms with Gasteiger partial charge in [-0.3, -0.25) is 9.69 Å². The van der Waals surface area contributed by atoms with Crippen molar-refractivity contribution in [2.75, 3.05) is 26.2 Å². The van der Waals surface area contributed by atoms with Crippen LogP contribution in [0.5, 0.6) is 0 Å². The predicted molar refractivity (Wildman–Crippen MR) is 100 cm³/mol. The zero-order valence-corrected chi connectivity index (χ0v) is 15.5. The number of rotatable bonds is 4. The van der Waals surface area contributed by atoms with Crippen LogP contribution < -0.4 is 0 Å². The maximum atomic E-state index is 13.4. The summed E-state index contributed by atoms with van der Waals surface area (Å²) in [6.07, 6.45) is 7.72. The Morgan fingerprint density at radius 2 is 2.12 bits per heavy atom. The Labute approximate surface area is 154 Å². The van der Waals surface area contributed by atoms with Crippen molar-refractivity contribution >= 4 is 16.9 Å². The molecule has 0 aromatic carbocycles. The number of aromatic nitrogens is 3. The minimum absolute atomic E-state index is 0.168. The maximum absolute atomic E-state index is 13.4. The molecule has 2 aromatic heterocycles. The van der Waals surface area contributed by atoms with Crippen molar-refractivity contribution in [1.29, 1.82) is 0 Å². The van der Waals surface area contributed by atoms with Crippen LogP contribution in [-0.4, -0.2) is 62.7 Å².